The van der Waals surface area contributed by atoms with E-state index in [1.54, 1.807) is 0 Å². The Morgan fingerprint density at radius 1 is 1.46 bits per heavy atom. The lowest BCUT2D eigenvalue weighted by Gasteiger charge is -2.32. The second-order valence-corrected chi connectivity index (χ2v) is 4.18. The zero-order valence-corrected chi connectivity index (χ0v) is 8.08. The highest BCUT2D eigenvalue weighted by Gasteiger charge is 2.34. The van der Waals surface area contributed by atoms with Crippen molar-refractivity contribution in [3.05, 3.63) is 0 Å². The van der Waals surface area contributed by atoms with Crippen LogP contribution >= 0.6 is 0 Å². The van der Waals surface area contributed by atoms with E-state index in [-0.39, 0.29) is 12.0 Å². The molecule has 1 saturated heterocycles. The van der Waals surface area contributed by atoms with Gasteiger partial charge in [-0.25, -0.2) is 0 Å². The SMILES string of the molecule is CC1COCC(C2CCCC2=O)N1. The molecule has 3 nitrogen and oxygen atoms in total. The van der Waals surface area contributed by atoms with Crippen LogP contribution in [-0.2, 0) is 9.53 Å². The van der Waals surface area contributed by atoms with E-state index in [4.69, 9.17) is 4.74 Å². The minimum absolute atomic E-state index is 0.225. The monoisotopic (exact) mass is 183 g/mol. The van der Waals surface area contributed by atoms with Crippen molar-refractivity contribution in [1.29, 1.82) is 0 Å². The summed E-state index contributed by atoms with van der Waals surface area (Å²) in [6.07, 6.45) is 2.89. The number of hydrogen-bond acceptors (Lipinski definition) is 3. The average molecular weight is 183 g/mol. The topological polar surface area (TPSA) is 38.3 Å². The van der Waals surface area contributed by atoms with Crippen LogP contribution in [0.25, 0.3) is 0 Å². The second-order valence-electron chi connectivity index (χ2n) is 4.18. The van der Waals surface area contributed by atoms with Crippen molar-refractivity contribution in [2.24, 2.45) is 5.92 Å². The summed E-state index contributed by atoms with van der Waals surface area (Å²) in [7, 11) is 0. The van der Waals surface area contributed by atoms with Crippen molar-refractivity contribution in [3.8, 4) is 0 Å². The molecule has 3 unspecified atom stereocenters. The van der Waals surface area contributed by atoms with E-state index in [0.29, 0.717) is 18.4 Å². The summed E-state index contributed by atoms with van der Waals surface area (Å²) in [4.78, 5) is 11.5. The Labute approximate surface area is 78.8 Å². The van der Waals surface area contributed by atoms with Gasteiger partial charge < -0.3 is 10.1 Å². The van der Waals surface area contributed by atoms with Crippen LogP contribution in [0, 0.1) is 5.92 Å². The van der Waals surface area contributed by atoms with E-state index in [1.165, 1.54) is 0 Å². The van der Waals surface area contributed by atoms with Crippen molar-refractivity contribution in [2.75, 3.05) is 13.2 Å². The number of carbonyl (C=O) groups is 1. The van der Waals surface area contributed by atoms with Crippen molar-refractivity contribution < 1.29 is 9.53 Å². The largest absolute Gasteiger partial charge is 0.378 e. The first-order valence-corrected chi connectivity index (χ1v) is 5.14. The molecule has 3 heteroatoms. The quantitative estimate of drug-likeness (QED) is 0.651. The Bertz CT molecular complexity index is 205. The van der Waals surface area contributed by atoms with Gasteiger partial charge in [0, 0.05) is 24.4 Å². The van der Waals surface area contributed by atoms with Gasteiger partial charge in [0.25, 0.3) is 0 Å². The van der Waals surface area contributed by atoms with Crippen LogP contribution in [0.4, 0.5) is 0 Å². The van der Waals surface area contributed by atoms with Gasteiger partial charge in [-0.2, -0.15) is 0 Å². The van der Waals surface area contributed by atoms with Gasteiger partial charge in [-0.1, -0.05) is 0 Å². The highest BCUT2D eigenvalue weighted by molar-refractivity contribution is 5.83. The molecule has 1 aliphatic carbocycles. The van der Waals surface area contributed by atoms with E-state index in [0.717, 1.165) is 25.9 Å². The first-order valence-electron chi connectivity index (χ1n) is 5.14. The maximum atomic E-state index is 11.5. The smallest absolute Gasteiger partial charge is 0.137 e. The average Bonchev–Trinajstić information content (AvgIpc) is 2.51. The van der Waals surface area contributed by atoms with Gasteiger partial charge in [0.2, 0.25) is 0 Å². The molecule has 0 radical (unpaired) electrons. The van der Waals surface area contributed by atoms with E-state index in [1.807, 2.05) is 0 Å². The molecule has 3 atom stereocenters. The summed E-state index contributed by atoms with van der Waals surface area (Å²) in [6.45, 7) is 3.59. The fraction of sp³-hybridized carbons (Fsp3) is 0.900. The van der Waals surface area contributed by atoms with Crippen LogP contribution in [-0.4, -0.2) is 31.1 Å². The predicted molar refractivity (Wildman–Crippen MR) is 49.6 cm³/mol. The molecule has 0 aromatic heterocycles. The third kappa shape index (κ3) is 1.92. The highest BCUT2D eigenvalue weighted by Crippen LogP contribution is 2.25. The lowest BCUT2D eigenvalue weighted by molar-refractivity contribution is -0.122. The normalized spacial score (nSPS) is 41.0. The molecule has 1 aliphatic heterocycles. The van der Waals surface area contributed by atoms with E-state index in [9.17, 15) is 4.79 Å². The Hall–Kier alpha value is -0.410. The Kier molecular flexibility index (Phi) is 2.65. The van der Waals surface area contributed by atoms with E-state index >= 15 is 0 Å². The molecule has 1 N–H and O–H groups in total. The molecule has 0 aromatic rings. The molecule has 2 rings (SSSR count). The van der Waals surface area contributed by atoms with Gasteiger partial charge in [-0.05, 0) is 19.8 Å². The van der Waals surface area contributed by atoms with Gasteiger partial charge in [0.1, 0.15) is 5.78 Å². The lowest BCUT2D eigenvalue weighted by atomic mass is 9.96. The Morgan fingerprint density at radius 3 is 2.92 bits per heavy atom. The van der Waals surface area contributed by atoms with Crippen LogP contribution in [0.2, 0.25) is 0 Å². The highest BCUT2D eigenvalue weighted by atomic mass is 16.5. The molecule has 0 amide bonds. The minimum atomic E-state index is 0.225. The predicted octanol–water partition coefficient (Wildman–Crippen LogP) is 0.732. The van der Waals surface area contributed by atoms with Gasteiger partial charge in [-0.15, -0.1) is 0 Å². The van der Waals surface area contributed by atoms with Crippen molar-refractivity contribution in [2.45, 2.75) is 38.3 Å². The molecule has 0 spiro atoms. The molecule has 13 heavy (non-hydrogen) atoms. The Balaban J connectivity index is 1.95. The van der Waals surface area contributed by atoms with Crippen LogP contribution < -0.4 is 5.32 Å². The second kappa shape index (κ2) is 3.76. The van der Waals surface area contributed by atoms with Gasteiger partial charge in [0.05, 0.1) is 13.2 Å². The van der Waals surface area contributed by atoms with Gasteiger partial charge >= 0.3 is 0 Å². The van der Waals surface area contributed by atoms with Crippen LogP contribution in [0.5, 0.6) is 0 Å². The number of morpholine rings is 1. The summed E-state index contributed by atoms with van der Waals surface area (Å²) in [5.74, 6) is 0.651. The van der Waals surface area contributed by atoms with Gasteiger partial charge in [0.15, 0.2) is 0 Å². The zero-order chi connectivity index (χ0) is 9.26. The fourth-order valence-electron chi connectivity index (χ4n) is 2.33. The summed E-state index contributed by atoms with van der Waals surface area (Å²) in [6, 6.07) is 0.672. The Morgan fingerprint density at radius 2 is 2.31 bits per heavy atom. The number of carbonyl (C=O) groups excluding carboxylic acids is 1. The summed E-state index contributed by atoms with van der Waals surface area (Å²) < 4.78 is 5.44. The first kappa shape index (κ1) is 9.16. The number of ether oxygens (including phenoxy) is 1. The molecule has 2 fully saturated rings. The molecule has 74 valence electrons. The van der Waals surface area contributed by atoms with Crippen molar-refractivity contribution in [1.82, 2.24) is 5.32 Å². The standard InChI is InChI=1S/C10H17NO2/c1-7-5-13-6-9(11-7)8-3-2-4-10(8)12/h7-9,11H,2-6H2,1H3. The van der Waals surface area contributed by atoms with Crippen LogP contribution in [0.3, 0.4) is 0 Å². The zero-order valence-electron chi connectivity index (χ0n) is 8.08. The van der Waals surface area contributed by atoms with Crippen LogP contribution in [0.1, 0.15) is 26.2 Å². The molecule has 0 bridgehead atoms. The summed E-state index contributed by atoms with van der Waals surface area (Å²) in [5, 5.41) is 3.44. The van der Waals surface area contributed by atoms with E-state index in [2.05, 4.69) is 12.2 Å². The van der Waals surface area contributed by atoms with Crippen molar-refractivity contribution in [3.63, 3.8) is 0 Å². The maximum Gasteiger partial charge on any atom is 0.137 e. The van der Waals surface area contributed by atoms with Gasteiger partial charge in [-0.3, -0.25) is 4.79 Å². The van der Waals surface area contributed by atoms with Crippen LogP contribution in [0.15, 0.2) is 0 Å². The third-order valence-corrected chi connectivity index (χ3v) is 3.00. The minimum Gasteiger partial charge on any atom is -0.378 e. The molecule has 2 aliphatic rings. The first-order chi connectivity index (χ1) is 6.27. The molecule has 0 aromatic carbocycles. The number of ketones is 1. The third-order valence-electron chi connectivity index (χ3n) is 3.00. The summed E-state index contributed by atoms with van der Waals surface area (Å²) in [5.41, 5.74) is 0. The summed E-state index contributed by atoms with van der Waals surface area (Å²) >= 11 is 0. The van der Waals surface area contributed by atoms with Crippen molar-refractivity contribution >= 4 is 5.78 Å². The fourth-order valence-corrected chi connectivity index (χ4v) is 2.33. The molecule has 1 saturated carbocycles. The van der Waals surface area contributed by atoms with E-state index < -0.39 is 0 Å². The molecular formula is C10H17NO2. The lowest BCUT2D eigenvalue weighted by Crippen LogP contribution is -2.51. The molecule has 1 heterocycles. The number of nitrogens with one attached hydrogen (secondary N) is 1. The maximum absolute atomic E-state index is 11.5. The molecular weight excluding hydrogens is 166 g/mol. The number of rotatable bonds is 1. The number of hydrogen-bond donors (Lipinski definition) is 1. The number of Topliss-reactive ketones (excluding diaryl/α,β-unsaturated/α-hetero) is 1.